The van der Waals surface area contributed by atoms with Crippen molar-refractivity contribution in [2.24, 2.45) is 0 Å². The van der Waals surface area contributed by atoms with Crippen LogP contribution in [0.3, 0.4) is 0 Å². The van der Waals surface area contributed by atoms with E-state index in [-0.39, 0.29) is 0 Å². The highest BCUT2D eigenvalue weighted by molar-refractivity contribution is 5.65. The summed E-state index contributed by atoms with van der Waals surface area (Å²) in [6.07, 6.45) is 5.81. The molecule has 2 heteroatoms. The van der Waals surface area contributed by atoms with Gasteiger partial charge in [0.25, 0.3) is 0 Å². The normalized spacial score (nSPS) is 11.4. The van der Waals surface area contributed by atoms with E-state index in [0.717, 1.165) is 24.8 Å². The molecule has 64 valence electrons. The van der Waals surface area contributed by atoms with Gasteiger partial charge in [0, 0.05) is 19.8 Å². The highest BCUT2D eigenvalue weighted by Gasteiger charge is 1.97. The summed E-state index contributed by atoms with van der Waals surface area (Å²) in [4.78, 5) is 12.2. The lowest BCUT2D eigenvalue weighted by Gasteiger charge is -2.15. The molecule has 11 heavy (non-hydrogen) atoms. The summed E-state index contributed by atoms with van der Waals surface area (Å²) in [7, 11) is 3.93. The van der Waals surface area contributed by atoms with Gasteiger partial charge in [-0.05, 0) is 18.9 Å². The highest BCUT2D eigenvalue weighted by Crippen LogP contribution is 2.08. The van der Waals surface area contributed by atoms with Gasteiger partial charge in [0.2, 0.25) is 0 Å². The van der Waals surface area contributed by atoms with Gasteiger partial charge in [-0.2, -0.15) is 0 Å². The lowest BCUT2D eigenvalue weighted by Crippen LogP contribution is -2.11. The van der Waals surface area contributed by atoms with E-state index in [4.69, 9.17) is 0 Å². The number of carbonyl (C=O) groups excluding carboxylic acids is 1. The summed E-state index contributed by atoms with van der Waals surface area (Å²) >= 11 is 0. The molecule has 0 bridgehead atoms. The summed E-state index contributed by atoms with van der Waals surface area (Å²) in [5.41, 5.74) is 1.11. The van der Waals surface area contributed by atoms with Gasteiger partial charge in [0.15, 0.2) is 0 Å². The van der Waals surface area contributed by atoms with Crippen molar-refractivity contribution in [2.75, 3.05) is 14.1 Å². The Bertz CT molecular complexity index is 138. The van der Waals surface area contributed by atoms with Gasteiger partial charge in [0.05, 0.1) is 0 Å². The fourth-order valence-electron chi connectivity index (χ4n) is 0.892. The first-order valence-electron chi connectivity index (χ1n) is 4.04. The number of rotatable bonds is 5. The minimum atomic E-state index is 0.852. The zero-order valence-electron chi connectivity index (χ0n) is 7.63. The van der Waals surface area contributed by atoms with Crippen LogP contribution in [0.1, 0.15) is 26.2 Å². The molecule has 0 fully saturated rings. The molecule has 0 rings (SSSR count). The lowest BCUT2D eigenvalue weighted by atomic mass is 10.2. The van der Waals surface area contributed by atoms with Gasteiger partial charge >= 0.3 is 0 Å². The summed E-state index contributed by atoms with van der Waals surface area (Å²) in [5.74, 6) is 0. The second-order valence-corrected chi connectivity index (χ2v) is 2.79. The Labute approximate surface area is 68.9 Å². The van der Waals surface area contributed by atoms with Gasteiger partial charge in [0.1, 0.15) is 6.29 Å². The number of hydrogen-bond acceptors (Lipinski definition) is 2. The molecule has 0 radical (unpaired) electrons. The summed E-state index contributed by atoms with van der Waals surface area (Å²) in [6.45, 7) is 2.15. The van der Waals surface area contributed by atoms with Crippen molar-refractivity contribution in [3.63, 3.8) is 0 Å². The van der Waals surface area contributed by atoms with E-state index in [1.54, 1.807) is 6.08 Å². The number of unbranched alkanes of at least 4 members (excludes halogenated alkanes) is 1. The first-order valence-corrected chi connectivity index (χ1v) is 4.04. The molecule has 0 aromatic heterocycles. The van der Waals surface area contributed by atoms with E-state index in [1.165, 1.54) is 6.42 Å². The Morgan fingerprint density at radius 2 is 2.09 bits per heavy atom. The molecule has 0 aromatic rings. The third-order valence-electron chi connectivity index (χ3n) is 1.62. The SMILES string of the molecule is CCCCC(=CC=O)N(C)C. The molecule has 0 N–H and O–H groups in total. The van der Waals surface area contributed by atoms with Crippen LogP contribution in [-0.4, -0.2) is 25.3 Å². The second-order valence-electron chi connectivity index (χ2n) is 2.79. The molecule has 0 amide bonds. The molecular weight excluding hydrogens is 138 g/mol. The monoisotopic (exact) mass is 155 g/mol. The average molecular weight is 155 g/mol. The van der Waals surface area contributed by atoms with Crippen molar-refractivity contribution in [3.8, 4) is 0 Å². The lowest BCUT2D eigenvalue weighted by molar-refractivity contribution is -0.104. The first kappa shape index (κ1) is 10.2. The van der Waals surface area contributed by atoms with E-state index in [9.17, 15) is 4.79 Å². The van der Waals surface area contributed by atoms with E-state index < -0.39 is 0 Å². The Morgan fingerprint density at radius 3 is 2.45 bits per heavy atom. The minimum absolute atomic E-state index is 0.852. The van der Waals surface area contributed by atoms with Crippen LogP contribution in [-0.2, 0) is 4.79 Å². The fraction of sp³-hybridized carbons (Fsp3) is 0.667. The van der Waals surface area contributed by atoms with E-state index in [1.807, 2.05) is 19.0 Å². The summed E-state index contributed by atoms with van der Waals surface area (Å²) in [5, 5.41) is 0. The largest absolute Gasteiger partial charge is 0.381 e. The van der Waals surface area contributed by atoms with Crippen LogP contribution in [0.25, 0.3) is 0 Å². The summed E-state index contributed by atoms with van der Waals surface area (Å²) < 4.78 is 0. The Kier molecular flexibility index (Phi) is 5.53. The van der Waals surface area contributed by atoms with Crippen LogP contribution >= 0.6 is 0 Å². The average Bonchev–Trinajstić information content (AvgIpc) is 1.97. The van der Waals surface area contributed by atoms with E-state index >= 15 is 0 Å². The van der Waals surface area contributed by atoms with Crippen LogP contribution in [0.5, 0.6) is 0 Å². The van der Waals surface area contributed by atoms with Crippen molar-refractivity contribution >= 4 is 6.29 Å². The quantitative estimate of drug-likeness (QED) is 0.446. The number of carbonyl (C=O) groups is 1. The van der Waals surface area contributed by atoms with Gasteiger partial charge in [-0.1, -0.05) is 13.3 Å². The molecule has 0 saturated carbocycles. The molecule has 0 saturated heterocycles. The van der Waals surface area contributed by atoms with Crippen molar-refractivity contribution in [1.82, 2.24) is 4.90 Å². The van der Waals surface area contributed by atoms with Gasteiger partial charge in [-0.15, -0.1) is 0 Å². The Hall–Kier alpha value is -0.790. The third-order valence-corrected chi connectivity index (χ3v) is 1.62. The predicted octanol–water partition coefficient (Wildman–Crippen LogP) is 1.82. The predicted molar refractivity (Wildman–Crippen MR) is 47.4 cm³/mol. The van der Waals surface area contributed by atoms with Crippen molar-refractivity contribution in [3.05, 3.63) is 11.8 Å². The van der Waals surface area contributed by atoms with Crippen molar-refractivity contribution < 1.29 is 4.79 Å². The molecule has 0 aliphatic heterocycles. The van der Waals surface area contributed by atoms with Crippen LogP contribution in [0.15, 0.2) is 11.8 Å². The van der Waals surface area contributed by atoms with Gasteiger partial charge in [-0.3, -0.25) is 4.79 Å². The number of allylic oxidation sites excluding steroid dienone is 2. The number of nitrogens with zero attached hydrogens (tertiary/aromatic N) is 1. The van der Waals surface area contributed by atoms with Crippen molar-refractivity contribution in [1.29, 1.82) is 0 Å². The molecule has 0 heterocycles. The summed E-state index contributed by atoms with van der Waals surface area (Å²) in [6, 6.07) is 0. The zero-order chi connectivity index (χ0) is 8.69. The number of aldehydes is 1. The molecule has 0 aliphatic carbocycles. The van der Waals surface area contributed by atoms with Gasteiger partial charge < -0.3 is 4.90 Å². The molecule has 0 unspecified atom stereocenters. The van der Waals surface area contributed by atoms with Crippen LogP contribution in [0, 0.1) is 0 Å². The standard InChI is InChI=1S/C9H17NO/c1-4-5-6-9(7-8-11)10(2)3/h7-8H,4-6H2,1-3H3. The van der Waals surface area contributed by atoms with E-state index in [2.05, 4.69) is 6.92 Å². The molecule has 0 aromatic carbocycles. The molecule has 0 spiro atoms. The zero-order valence-corrected chi connectivity index (χ0v) is 7.63. The third kappa shape index (κ3) is 4.59. The maximum Gasteiger partial charge on any atom is 0.144 e. The second kappa shape index (κ2) is 5.96. The fourth-order valence-corrected chi connectivity index (χ4v) is 0.892. The maximum atomic E-state index is 10.2. The minimum Gasteiger partial charge on any atom is -0.381 e. The van der Waals surface area contributed by atoms with Crippen molar-refractivity contribution in [2.45, 2.75) is 26.2 Å². The molecular formula is C9H17NO. The Morgan fingerprint density at radius 1 is 1.45 bits per heavy atom. The number of hydrogen-bond donors (Lipinski definition) is 0. The molecule has 0 aliphatic rings. The van der Waals surface area contributed by atoms with Crippen LogP contribution < -0.4 is 0 Å². The van der Waals surface area contributed by atoms with Crippen LogP contribution in [0.4, 0.5) is 0 Å². The molecule has 2 nitrogen and oxygen atoms in total. The van der Waals surface area contributed by atoms with Gasteiger partial charge in [-0.25, -0.2) is 0 Å². The van der Waals surface area contributed by atoms with E-state index in [0.29, 0.717) is 0 Å². The smallest absolute Gasteiger partial charge is 0.144 e. The first-order chi connectivity index (χ1) is 5.22. The highest BCUT2D eigenvalue weighted by atomic mass is 16.1. The maximum absolute atomic E-state index is 10.2. The molecule has 0 atom stereocenters. The Balaban J connectivity index is 3.89. The topological polar surface area (TPSA) is 20.3 Å². The van der Waals surface area contributed by atoms with Crippen LogP contribution in [0.2, 0.25) is 0 Å².